The zero-order valence-corrected chi connectivity index (χ0v) is 9.85. The first-order valence-electron chi connectivity index (χ1n) is 6.52. The Morgan fingerprint density at radius 2 is 1.84 bits per heavy atom. The lowest BCUT2D eigenvalue weighted by Crippen LogP contribution is -2.56. The van der Waals surface area contributed by atoms with Crippen molar-refractivity contribution in [1.29, 1.82) is 0 Å². The molecule has 0 nitrogen and oxygen atoms in total. The van der Waals surface area contributed by atoms with E-state index in [4.69, 9.17) is 0 Å². The predicted octanol–water partition coefficient (Wildman–Crippen LogP) is 4.12. The van der Waals surface area contributed by atoms with Gasteiger partial charge in [-0.05, 0) is 37.2 Å². The molecule has 0 heterocycles. The molecule has 0 saturated heterocycles. The van der Waals surface area contributed by atoms with Crippen LogP contribution in [0.1, 0.15) is 19.3 Å². The van der Waals surface area contributed by atoms with E-state index in [1.165, 1.54) is 0 Å². The van der Waals surface area contributed by atoms with Gasteiger partial charge in [-0.15, -0.1) is 0 Å². The Labute approximate surface area is 105 Å². The summed E-state index contributed by atoms with van der Waals surface area (Å²) in [6.45, 7) is 0. The molecule has 19 heavy (non-hydrogen) atoms. The van der Waals surface area contributed by atoms with Crippen molar-refractivity contribution in [3.05, 3.63) is 11.9 Å². The largest absolute Gasteiger partial charge is 0.392 e. The Hall–Kier alpha value is -0.680. The Kier molecular flexibility index (Phi) is 1.90. The van der Waals surface area contributed by atoms with E-state index in [-0.39, 0.29) is 19.3 Å². The number of rotatable bonds is 0. The number of alkyl halides is 5. The molecular formula is C13H12F6. The van der Waals surface area contributed by atoms with Crippen molar-refractivity contribution in [3.63, 3.8) is 0 Å². The lowest BCUT2D eigenvalue weighted by molar-refractivity contribution is -0.216. The highest BCUT2D eigenvalue weighted by Gasteiger charge is 2.82. The molecule has 4 rings (SSSR count). The van der Waals surface area contributed by atoms with Gasteiger partial charge in [-0.25, -0.2) is 13.2 Å². The van der Waals surface area contributed by atoms with Gasteiger partial charge in [-0.1, -0.05) is 0 Å². The van der Waals surface area contributed by atoms with E-state index >= 15 is 4.39 Å². The third kappa shape index (κ3) is 1.08. The van der Waals surface area contributed by atoms with E-state index in [1.54, 1.807) is 0 Å². The predicted molar refractivity (Wildman–Crippen MR) is 54.2 cm³/mol. The number of hydrogen-bond donors (Lipinski definition) is 0. The Morgan fingerprint density at radius 1 is 1.16 bits per heavy atom. The van der Waals surface area contributed by atoms with Crippen LogP contribution in [0.5, 0.6) is 0 Å². The lowest BCUT2D eigenvalue weighted by atomic mass is 9.65. The van der Waals surface area contributed by atoms with E-state index in [0.717, 1.165) is 6.08 Å². The summed E-state index contributed by atoms with van der Waals surface area (Å²) in [6.07, 6.45) is -3.85. The zero-order chi connectivity index (χ0) is 13.8. The maximum absolute atomic E-state index is 15.1. The Morgan fingerprint density at radius 3 is 2.47 bits per heavy atom. The summed E-state index contributed by atoms with van der Waals surface area (Å²) in [6, 6.07) is 0. The highest BCUT2D eigenvalue weighted by atomic mass is 19.4. The summed E-state index contributed by atoms with van der Waals surface area (Å²) in [5.41, 5.74) is -5.47. The molecule has 0 aliphatic heterocycles. The molecule has 4 aliphatic rings. The van der Waals surface area contributed by atoms with Crippen LogP contribution in [0.25, 0.3) is 0 Å². The third-order valence-corrected chi connectivity index (χ3v) is 5.88. The van der Waals surface area contributed by atoms with E-state index < -0.39 is 52.9 Å². The molecule has 4 aliphatic carbocycles. The molecule has 7 unspecified atom stereocenters. The van der Waals surface area contributed by atoms with Crippen molar-refractivity contribution < 1.29 is 26.3 Å². The molecule has 0 aromatic carbocycles. The van der Waals surface area contributed by atoms with Gasteiger partial charge in [0, 0.05) is 11.8 Å². The SMILES string of the molecule is FC1=CC2CC1(F)C1(F)C3CC(CC3C(F)(F)F)C21. The summed E-state index contributed by atoms with van der Waals surface area (Å²) in [7, 11) is 0. The average molecular weight is 282 g/mol. The molecule has 3 saturated carbocycles. The zero-order valence-electron chi connectivity index (χ0n) is 9.85. The van der Waals surface area contributed by atoms with Crippen LogP contribution in [0, 0.1) is 29.6 Å². The first-order valence-corrected chi connectivity index (χ1v) is 6.52. The van der Waals surface area contributed by atoms with Gasteiger partial charge < -0.3 is 0 Å². The van der Waals surface area contributed by atoms with Crippen LogP contribution >= 0.6 is 0 Å². The molecule has 0 N–H and O–H groups in total. The third-order valence-electron chi connectivity index (χ3n) is 5.88. The fourth-order valence-corrected chi connectivity index (χ4v) is 5.38. The molecule has 0 aromatic heterocycles. The van der Waals surface area contributed by atoms with Gasteiger partial charge in [0.15, 0.2) is 11.3 Å². The lowest BCUT2D eigenvalue weighted by Gasteiger charge is -2.45. The first-order chi connectivity index (χ1) is 8.69. The molecule has 7 atom stereocenters. The van der Waals surface area contributed by atoms with Gasteiger partial charge in [0.25, 0.3) is 0 Å². The van der Waals surface area contributed by atoms with Crippen LogP contribution < -0.4 is 0 Å². The highest BCUT2D eigenvalue weighted by Crippen LogP contribution is 2.75. The number of allylic oxidation sites excluding steroid dienone is 2. The van der Waals surface area contributed by atoms with E-state index in [1.807, 2.05) is 0 Å². The minimum Gasteiger partial charge on any atom is -0.239 e. The van der Waals surface area contributed by atoms with Crippen molar-refractivity contribution >= 4 is 0 Å². The molecule has 6 heteroatoms. The van der Waals surface area contributed by atoms with Crippen LogP contribution in [0.3, 0.4) is 0 Å². The van der Waals surface area contributed by atoms with Gasteiger partial charge in [0.05, 0.1) is 5.92 Å². The molecule has 0 spiro atoms. The number of hydrogen-bond acceptors (Lipinski definition) is 0. The van der Waals surface area contributed by atoms with Crippen molar-refractivity contribution in [1.82, 2.24) is 0 Å². The second-order valence-electron chi connectivity index (χ2n) is 6.46. The van der Waals surface area contributed by atoms with Crippen LogP contribution in [-0.2, 0) is 0 Å². The first kappa shape index (κ1) is 12.1. The molecule has 4 bridgehead atoms. The van der Waals surface area contributed by atoms with E-state index in [9.17, 15) is 22.0 Å². The molecule has 0 radical (unpaired) electrons. The van der Waals surface area contributed by atoms with E-state index in [2.05, 4.69) is 0 Å². The van der Waals surface area contributed by atoms with Crippen LogP contribution in [-0.4, -0.2) is 17.5 Å². The van der Waals surface area contributed by atoms with Crippen LogP contribution in [0.2, 0.25) is 0 Å². The molecule has 106 valence electrons. The standard InChI is InChI=1S/C13H12F6/c14-9-3-6-4-11(9,15)12(16)7-1-5(10(6)12)2-8(7)13(17,18)19/h3,5-8,10H,1-2,4H2. The molecule has 3 fully saturated rings. The highest BCUT2D eigenvalue weighted by molar-refractivity contribution is 5.39. The monoisotopic (exact) mass is 282 g/mol. The van der Waals surface area contributed by atoms with Crippen LogP contribution in [0.15, 0.2) is 11.9 Å². The summed E-state index contributed by atoms with van der Waals surface area (Å²) in [5.74, 6) is -6.23. The van der Waals surface area contributed by atoms with Crippen molar-refractivity contribution in [3.8, 4) is 0 Å². The number of halogens is 6. The fraction of sp³-hybridized carbons (Fsp3) is 0.846. The summed E-state index contributed by atoms with van der Waals surface area (Å²) in [4.78, 5) is 0. The van der Waals surface area contributed by atoms with Crippen molar-refractivity contribution in [2.24, 2.45) is 29.6 Å². The summed E-state index contributed by atoms with van der Waals surface area (Å²) in [5, 5.41) is 0. The fourth-order valence-electron chi connectivity index (χ4n) is 5.38. The normalized spacial score (nSPS) is 58.6. The molecule has 0 amide bonds. The molecule has 0 aromatic rings. The van der Waals surface area contributed by atoms with Crippen LogP contribution in [0.4, 0.5) is 26.3 Å². The number of fused-ring (bicyclic) bond motifs is 9. The van der Waals surface area contributed by atoms with Crippen molar-refractivity contribution in [2.45, 2.75) is 36.8 Å². The van der Waals surface area contributed by atoms with Crippen molar-refractivity contribution in [2.75, 3.05) is 0 Å². The average Bonchev–Trinajstić information content (AvgIpc) is 2.93. The smallest absolute Gasteiger partial charge is 0.239 e. The summed E-state index contributed by atoms with van der Waals surface area (Å²) >= 11 is 0. The van der Waals surface area contributed by atoms with Gasteiger partial charge in [0.1, 0.15) is 5.83 Å². The van der Waals surface area contributed by atoms with Gasteiger partial charge in [0.2, 0.25) is 0 Å². The van der Waals surface area contributed by atoms with Gasteiger partial charge >= 0.3 is 6.18 Å². The Balaban J connectivity index is 1.82. The Bertz CT molecular complexity index is 482. The minimum absolute atomic E-state index is 0.0363. The minimum atomic E-state index is -4.53. The maximum atomic E-state index is 15.1. The second kappa shape index (κ2) is 2.98. The van der Waals surface area contributed by atoms with E-state index in [0.29, 0.717) is 0 Å². The topological polar surface area (TPSA) is 0 Å². The second-order valence-corrected chi connectivity index (χ2v) is 6.46. The van der Waals surface area contributed by atoms with Gasteiger partial charge in [-0.2, -0.15) is 13.2 Å². The molecular weight excluding hydrogens is 270 g/mol. The quantitative estimate of drug-likeness (QED) is 0.463. The van der Waals surface area contributed by atoms with Gasteiger partial charge in [-0.3, -0.25) is 0 Å². The maximum Gasteiger partial charge on any atom is 0.392 e. The summed E-state index contributed by atoms with van der Waals surface area (Å²) < 4.78 is 82.1.